The molecule has 0 aliphatic carbocycles. The number of hydrogen-bond acceptors (Lipinski definition) is 5. The summed E-state index contributed by atoms with van der Waals surface area (Å²) in [6, 6.07) is 9.31. The average Bonchev–Trinajstić information content (AvgIpc) is 3.28. The topological polar surface area (TPSA) is 110 Å². The number of nitrogens with one attached hydrogen (secondary N) is 3. The zero-order valence-corrected chi connectivity index (χ0v) is 19.4. The third-order valence-corrected chi connectivity index (χ3v) is 5.76. The fourth-order valence-corrected chi connectivity index (χ4v) is 3.56. The van der Waals surface area contributed by atoms with Gasteiger partial charge in [-0.2, -0.15) is 0 Å². The first kappa shape index (κ1) is 26.3. The number of carbonyl (C=O) groups excluding carboxylic acids is 1. The van der Waals surface area contributed by atoms with Gasteiger partial charge in [0.05, 0.1) is 25.5 Å². The van der Waals surface area contributed by atoms with Crippen LogP contribution in [0.1, 0.15) is 22.1 Å². The summed E-state index contributed by atoms with van der Waals surface area (Å²) in [6.07, 6.45) is 2.63. The molecule has 2 heterocycles. The molecule has 166 valence electrons. The Bertz CT molecular complexity index is 1170. The molecule has 1 amide bonds. The van der Waals surface area contributed by atoms with E-state index in [9.17, 15) is 15.0 Å². The Balaban J connectivity index is 1.82. The molecule has 34 heavy (non-hydrogen) atoms. The summed E-state index contributed by atoms with van der Waals surface area (Å²) in [5.74, 6) is -0.260. The van der Waals surface area contributed by atoms with Gasteiger partial charge in [-0.15, -0.1) is 0 Å². The van der Waals surface area contributed by atoms with Crippen molar-refractivity contribution in [3.63, 3.8) is 0 Å². The fourth-order valence-electron chi connectivity index (χ4n) is 3.15. The maximum atomic E-state index is 12.8. The molecular weight excluding hydrogens is 470 g/mol. The highest BCUT2D eigenvalue weighted by atomic mass is 35.5. The smallest absolute Gasteiger partial charge is 0.268 e. The Morgan fingerprint density at radius 2 is 1.94 bits per heavy atom. The predicted molar refractivity (Wildman–Crippen MR) is 137 cm³/mol. The van der Waals surface area contributed by atoms with Crippen LogP contribution in [0, 0.1) is 0 Å². The molecule has 7 nitrogen and oxygen atoms in total. The zero-order chi connectivity index (χ0) is 25.1. The average molecular weight is 489 g/mol. The van der Waals surface area contributed by atoms with E-state index < -0.39 is 22.8 Å². The van der Waals surface area contributed by atoms with E-state index in [4.69, 9.17) is 54.6 Å². The Hall–Kier alpha value is -2.32. The number of aliphatic hydroxyl groups is 2. The van der Waals surface area contributed by atoms with Gasteiger partial charge in [-0.25, -0.2) is 4.98 Å². The third-order valence-electron chi connectivity index (χ3n) is 5.22. The number of anilines is 1. The van der Waals surface area contributed by atoms with Crippen LogP contribution in [-0.4, -0.2) is 74.9 Å². The van der Waals surface area contributed by atoms with Gasteiger partial charge in [0.25, 0.3) is 5.91 Å². The molecule has 2 atom stereocenters. The number of amides is 1. The maximum Gasteiger partial charge on any atom is 0.268 e. The first-order valence-corrected chi connectivity index (χ1v) is 10.8. The van der Waals surface area contributed by atoms with Gasteiger partial charge in [-0.1, -0.05) is 41.7 Å². The molecule has 0 aliphatic rings. The lowest BCUT2D eigenvalue weighted by atomic mass is 9.44. The zero-order valence-electron chi connectivity index (χ0n) is 17.9. The number of pyridine rings is 1. The van der Waals surface area contributed by atoms with Crippen LogP contribution in [0.5, 0.6) is 0 Å². The summed E-state index contributed by atoms with van der Waals surface area (Å²) in [6.45, 7) is -0.318. The normalized spacial score (nSPS) is 14.2. The summed E-state index contributed by atoms with van der Waals surface area (Å²) in [5, 5.41) is 23.6. The van der Waals surface area contributed by atoms with E-state index in [2.05, 4.69) is 20.6 Å². The molecule has 13 heteroatoms. The van der Waals surface area contributed by atoms with Gasteiger partial charge in [0, 0.05) is 34.0 Å². The molecule has 0 bridgehead atoms. The molecule has 0 saturated heterocycles. The Labute approximate surface area is 212 Å². The summed E-state index contributed by atoms with van der Waals surface area (Å²) in [7, 11) is 22.7. The van der Waals surface area contributed by atoms with E-state index in [1.165, 1.54) is 6.20 Å². The molecule has 3 aromatic rings. The van der Waals surface area contributed by atoms with E-state index in [-0.39, 0.29) is 29.5 Å². The second kappa shape index (κ2) is 10.5. The van der Waals surface area contributed by atoms with Crippen LogP contribution in [0.4, 0.5) is 5.82 Å². The molecule has 1 aromatic carbocycles. The number of benzene rings is 1. The molecule has 3 rings (SSSR count). The summed E-state index contributed by atoms with van der Waals surface area (Å²) in [5.41, 5.74) is 0.169. The second-order valence-electron chi connectivity index (χ2n) is 7.74. The number of aromatic amines is 1. The number of nitrogens with zero attached hydrogens (tertiary/aromatic N) is 1. The quantitative estimate of drug-likeness (QED) is 0.295. The van der Waals surface area contributed by atoms with Crippen LogP contribution in [-0.2, 0) is 0 Å². The lowest BCUT2D eigenvalue weighted by Crippen LogP contribution is -2.60. The minimum absolute atomic E-state index is 0.190. The van der Waals surface area contributed by atoms with E-state index in [1.54, 1.807) is 42.6 Å². The standard InChI is InChI=1S/C21H18B4Cl2N4O3/c22-10-20(23,21(24,25)34)31-18-6-14(15(27)8-29-18)12-5-16(28-7-12)19(33)30-17(9-32)11-2-1-3-13(26)4-11/h1-8,17,28,32,34H,9-10H2,(H,29,31)(H,30,33)/t17-,20?/m1/s1. The van der Waals surface area contributed by atoms with E-state index in [0.29, 0.717) is 21.7 Å². The van der Waals surface area contributed by atoms with Crippen molar-refractivity contribution in [2.75, 3.05) is 11.9 Å². The van der Waals surface area contributed by atoms with Crippen LogP contribution < -0.4 is 10.6 Å². The lowest BCUT2D eigenvalue weighted by molar-refractivity contribution is 0.0911. The third kappa shape index (κ3) is 5.84. The van der Waals surface area contributed by atoms with Gasteiger partial charge in [-0.05, 0) is 35.2 Å². The highest BCUT2D eigenvalue weighted by Gasteiger charge is 2.36. The molecule has 0 saturated carbocycles. The van der Waals surface area contributed by atoms with Gasteiger partial charge >= 0.3 is 0 Å². The number of H-pyrrole nitrogens is 1. The van der Waals surface area contributed by atoms with Gasteiger partial charge < -0.3 is 25.8 Å². The van der Waals surface area contributed by atoms with Gasteiger partial charge in [0.1, 0.15) is 35.1 Å². The van der Waals surface area contributed by atoms with Crippen molar-refractivity contribution in [2.45, 2.75) is 23.2 Å². The van der Waals surface area contributed by atoms with Crippen molar-refractivity contribution in [3.8, 4) is 11.1 Å². The number of carbonyl (C=O) groups is 1. The van der Waals surface area contributed by atoms with Crippen molar-refractivity contribution in [1.82, 2.24) is 15.3 Å². The summed E-state index contributed by atoms with van der Waals surface area (Å²) < 4.78 is 0. The van der Waals surface area contributed by atoms with Crippen molar-refractivity contribution < 1.29 is 15.0 Å². The summed E-state index contributed by atoms with van der Waals surface area (Å²) >= 11 is 12.3. The van der Waals surface area contributed by atoms with Crippen molar-refractivity contribution in [3.05, 3.63) is 70.1 Å². The minimum Gasteiger partial charge on any atom is -0.408 e. The monoisotopic (exact) mass is 488 g/mol. The molecule has 0 aliphatic heterocycles. The van der Waals surface area contributed by atoms with Gasteiger partial charge in [-0.3, -0.25) is 4.79 Å². The van der Waals surface area contributed by atoms with E-state index in [0.717, 1.165) is 0 Å². The highest BCUT2D eigenvalue weighted by Crippen LogP contribution is 2.32. The van der Waals surface area contributed by atoms with Crippen LogP contribution in [0.3, 0.4) is 0 Å². The molecular formula is C21H18B4Cl2N4O3. The molecule has 8 radical (unpaired) electrons. The number of aromatic nitrogens is 2. The van der Waals surface area contributed by atoms with Gasteiger partial charge in [0.2, 0.25) is 0 Å². The van der Waals surface area contributed by atoms with Crippen LogP contribution >= 0.6 is 23.2 Å². The number of rotatable bonds is 9. The molecule has 0 fully saturated rings. The molecule has 2 aromatic heterocycles. The molecule has 5 N–H and O–H groups in total. The van der Waals surface area contributed by atoms with Crippen LogP contribution in [0.25, 0.3) is 11.1 Å². The van der Waals surface area contributed by atoms with Crippen LogP contribution in [0.2, 0.25) is 16.4 Å². The van der Waals surface area contributed by atoms with Crippen molar-refractivity contribution >= 4 is 66.3 Å². The van der Waals surface area contributed by atoms with Crippen molar-refractivity contribution in [1.29, 1.82) is 0 Å². The number of halogens is 2. The molecule has 1 unspecified atom stereocenters. The lowest BCUT2D eigenvalue weighted by Gasteiger charge is -2.43. The Morgan fingerprint density at radius 1 is 1.21 bits per heavy atom. The summed E-state index contributed by atoms with van der Waals surface area (Å²) in [4.78, 5) is 19.8. The fraction of sp³-hybridized carbons (Fsp3) is 0.238. The SMILES string of the molecule is [B]CC([B])(Nc1cc(-c2c[nH]c(C(=O)N[C@H](CO)c3cccc(Cl)c3)c2)c(Cl)cn1)C([B])([B])O. The highest BCUT2D eigenvalue weighted by molar-refractivity contribution is 6.45. The first-order valence-electron chi connectivity index (χ1n) is 10.1. The first-order chi connectivity index (χ1) is 16.0. The van der Waals surface area contributed by atoms with Crippen molar-refractivity contribution in [2.24, 2.45) is 0 Å². The Kier molecular flexibility index (Phi) is 8.14. The van der Waals surface area contributed by atoms with Gasteiger partial charge in [0.15, 0.2) is 0 Å². The second-order valence-corrected chi connectivity index (χ2v) is 8.58. The largest absolute Gasteiger partial charge is 0.408 e. The predicted octanol–water partition coefficient (Wildman–Crippen LogP) is 1.69. The molecule has 0 spiro atoms. The minimum atomic E-state index is -2.34. The maximum absolute atomic E-state index is 12.8. The van der Waals surface area contributed by atoms with E-state index >= 15 is 0 Å². The van der Waals surface area contributed by atoms with E-state index in [1.807, 2.05) is 0 Å². The van der Waals surface area contributed by atoms with Crippen LogP contribution in [0.15, 0.2) is 48.8 Å². The number of aliphatic hydroxyl groups excluding tert-OH is 1. The number of hydrogen-bond donors (Lipinski definition) is 5. The Morgan fingerprint density at radius 3 is 2.56 bits per heavy atom.